The maximum absolute atomic E-state index is 4.39. The number of hydrogen-bond acceptors (Lipinski definition) is 4. The molecule has 1 aromatic rings. The lowest BCUT2D eigenvalue weighted by atomic mass is 9.65. The molecule has 8 aliphatic rings. The highest BCUT2D eigenvalue weighted by atomic mass is 32.2. The molecule has 5 aliphatic carbocycles. The second-order valence-electron chi connectivity index (χ2n) is 17.4. The van der Waals surface area contributed by atoms with Crippen LogP contribution < -0.4 is 10.6 Å². The van der Waals surface area contributed by atoms with Crippen LogP contribution in [0.2, 0.25) is 0 Å². The fourth-order valence-corrected chi connectivity index (χ4v) is 14.7. The fourth-order valence-electron chi connectivity index (χ4n) is 12.8. The summed E-state index contributed by atoms with van der Waals surface area (Å²) in [5.74, 6) is 5.01. The zero-order valence-electron chi connectivity index (χ0n) is 28.1. The second kappa shape index (κ2) is 12.9. The van der Waals surface area contributed by atoms with Crippen LogP contribution in [-0.4, -0.2) is 45.7 Å². The van der Waals surface area contributed by atoms with E-state index in [0.29, 0.717) is 30.1 Å². The third-order valence-corrected chi connectivity index (χ3v) is 16.6. The molecule has 4 heteroatoms. The first-order valence-electron chi connectivity index (χ1n) is 19.9. The molecule has 4 saturated carbocycles. The van der Waals surface area contributed by atoms with Gasteiger partial charge in [-0.1, -0.05) is 81.0 Å². The monoisotopic (exact) mass is 627 g/mol. The normalized spacial score (nSPS) is 48.5. The zero-order chi connectivity index (χ0) is 29.9. The summed E-state index contributed by atoms with van der Waals surface area (Å²) in [5.41, 5.74) is 3.37. The van der Waals surface area contributed by atoms with Gasteiger partial charge in [-0.2, -0.15) is 11.8 Å². The molecule has 45 heavy (non-hydrogen) atoms. The highest BCUT2D eigenvalue weighted by molar-refractivity contribution is 8.00. The highest BCUT2D eigenvalue weighted by Crippen LogP contribution is 2.53. The number of benzene rings is 1. The van der Waals surface area contributed by atoms with Gasteiger partial charge in [-0.05, 0) is 125 Å². The molecule has 246 valence electrons. The van der Waals surface area contributed by atoms with Gasteiger partial charge in [0.25, 0.3) is 0 Å². The molecule has 3 saturated heterocycles. The van der Waals surface area contributed by atoms with Gasteiger partial charge in [0.1, 0.15) is 0 Å². The Morgan fingerprint density at radius 1 is 0.667 bits per heavy atom. The van der Waals surface area contributed by atoms with Crippen molar-refractivity contribution in [2.24, 2.45) is 35.5 Å². The van der Waals surface area contributed by atoms with E-state index in [0.717, 1.165) is 52.3 Å². The van der Waals surface area contributed by atoms with Crippen LogP contribution in [0.25, 0.3) is 0 Å². The standard InChI is InChI=1S/C41H61N3S/c1-26-19-32-22-33(20-26)41-42-35(27-9-3-2-4-10-27)25-36(43-41)31-13-7-11-28(21-31)30-17-18-40-38(24-30)44(34-14-8-12-29(32)23-34)37-15-5-6-16-39(37)45-40/h2-4,9-10,19,26,28-31,33-43H,5-8,11-18,20-25H2,1H3. The van der Waals surface area contributed by atoms with Gasteiger partial charge in [0.2, 0.25) is 0 Å². The van der Waals surface area contributed by atoms with Crippen molar-refractivity contribution >= 4 is 11.8 Å². The summed E-state index contributed by atoms with van der Waals surface area (Å²) in [6, 6.07) is 15.2. The van der Waals surface area contributed by atoms with Crippen LogP contribution in [0.15, 0.2) is 42.0 Å². The first-order valence-corrected chi connectivity index (χ1v) is 20.8. The molecule has 10 bridgehead atoms. The first-order chi connectivity index (χ1) is 22.2. The van der Waals surface area contributed by atoms with Gasteiger partial charge in [-0.3, -0.25) is 15.5 Å². The lowest BCUT2D eigenvalue weighted by molar-refractivity contribution is -0.00969. The molecule has 0 spiro atoms. The minimum atomic E-state index is 0.440. The summed E-state index contributed by atoms with van der Waals surface area (Å²) < 4.78 is 0. The van der Waals surface area contributed by atoms with E-state index in [1.807, 2.05) is 5.57 Å². The topological polar surface area (TPSA) is 27.3 Å². The van der Waals surface area contributed by atoms with E-state index in [-0.39, 0.29) is 0 Å². The van der Waals surface area contributed by atoms with Crippen LogP contribution in [-0.2, 0) is 0 Å². The van der Waals surface area contributed by atoms with Gasteiger partial charge in [-0.25, -0.2) is 0 Å². The average Bonchev–Trinajstić information content (AvgIpc) is 3.10. The maximum atomic E-state index is 4.39. The molecular formula is C41H61N3S. The summed E-state index contributed by atoms with van der Waals surface area (Å²) in [6.45, 7) is 2.53. The lowest BCUT2D eigenvalue weighted by Crippen LogP contribution is -2.63. The maximum Gasteiger partial charge on any atom is 0.0611 e. The number of thioether (sulfide) groups is 1. The Morgan fingerprint density at radius 2 is 1.49 bits per heavy atom. The van der Waals surface area contributed by atoms with Crippen molar-refractivity contribution in [2.75, 3.05) is 0 Å². The molecule has 3 heterocycles. The van der Waals surface area contributed by atoms with Crippen molar-refractivity contribution in [1.29, 1.82) is 0 Å². The van der Waals surface area contributed by atoms with E-state index in [9.17, 15) is 0 Å². The van der Waals surface area contributed by atoms with E-state index >= 15 is 0 Å². The third kappa shape index (κ3) is 5.93. The first kappa shape index (κ1) is 30.3. The summed E-state index contributed by atoms with van der Waals surface area (Å²) in [5, 5.41) is 10.5. The molecule has 3 nitrogen and oxygen atoms in total. The lowest BCUT2D eigenvalue weighted by Gasteiger charge is -2.59. The number of hydrogen-bond donors (Lipinski definition) is 2. The third-order valence-electron chi connectivity index (χ3n) is 14.8. The fraction of sp³-hybridized carbons (Fsp3) is 0.805. The Morgan fingerprint density at radius 3 is 2.42 bits per heavy atom. The van der Waals surface area contributed by atoms with Crippen LogP contribution in [0.4, 0.5) is 0 Å². The summed E-state index contributed by atoms with van der Waals surface area (Å²) in [7, 11) is 0. The number of rotatable bonds is 1. The highest BCUT2D eigenvalue weighted by Gasteiger charge is 2.51. The van der Waals surface area contributed by atoms with Crippen molar-refractivity contribution in [1.82, 2.24) is 15.5 Å². The number of nitrogens with zero attached hydrogens (tertiary/aromatic N) is 1. The number of allylic oxidation sites excluding steroid dienone is 2. The minimum Gasteiger partial charge on any atom is -0.299 e. The Bertz CT molecular complexity index is 1200. The van der Waals surface area contributed by atoms with Crippen LogP contribution in [0.3, 0.4) is 0 Å². The van der Waals surface area contributed by atoms with Crippen molar-refractivity contribution in [3.63, 3.8) is 0 Å². The van der Waals surface area contributed by atoms with Crippen LogP contribution in [0.5, 0.6) is 0 Å². The number of fused-ring (bicyclic) bond motifs is 16. The zero-order valence-corrected chi connectivity index (χ0v) is 28.9. The molecule has 14 unspecified atom stereocenters. The van der Waals surface area contributed by atoms with Crippen LogP contribution in [0.1, 0.15) is 134 Å². The molecule has 0 aromatic heterocycles. The molecule has 7 fully saturated rings. The Hall–Kier alpha value is -0.810. The Balaban J connectivity index is 1.08. The molecule has 3 aliphatic heterocycles. The predicted octanol–water partition coefficient (Wildman–Crippen LogP) is 9.25. The Kier molecular flexibility index (Phi) is 8.68. The van der Waals surface area contributed by atoms with E-state index in [4.69, 9.17) is 0 Å². The second-order valence-corrected chi connectivity index (χ2v) is 18.9. The molecule has 0 radical (unpaired) electrons. The van der Waals surface area contributed by atoms with Gasteiger partial charge in [-0.15, -0.1) is 0 Å². The van der Waals surface area contributed by atoms with Crippen LogP contribution >= 0.6 is 11.8 Å². The summed E-state index contributed by atoms with van der Waals surface area (Å²) >= 11 is 2.50. The predicted molar refractivity (Wildman–Crippen MR) is 189 cm³/mol. The van der Waals surface area contributed by atoms with E-state index < -0.39 is 0 Å². The van der Waals surface area contributed by atoms with E-state index in [2.05, 4.69) is 70.6 Å². The van der Waals surface area contributed by atoms with Crippen molar-refractivity contribution in [3.8, 4) is 0 Å². The minimum absolute atomic E-state index is 0.440. The van der Waals surface area contributed by atoms with Gasteiger partial charge >= 0.3 is 0 Å². The molecule has 2 N–H and O–H groups in total. The average molecular weight is 628 g/mol. The molecular weight excluding hydrogens is 567 g/mol. The van der Waals surface area contributed by atoms with E-state index in [1.165, 1.54) is 121 Å². The van der Waals surface area contributed by atoms with Gasteiger partial charge in [0.15, 0.2) is 0 Å². The van der Waals surface area contributed by atoms with Crippen molar-refractivity contribution in [2.45, 2.75) is 169 Å². The van der Waals surface area contributed by atoms with E-state index in [1.54, 1.807) is 0 Å². The molecule has 9 rings (SSSR count). The summed E-state index contributed by atoms with van der Waals surface area (Å²) in [4.78, 5) is 3.32. The molecule has 1 aromatic carbocycles. The SMILES string of the molecule is CC1C=C2CC(C1)C1NC(c3ccccc3)CC(N1)C1CCCC(C1)C1CCC3SC4CCCCC4N(C4CCCC2C4)C3C1. The van der Waals surface area contributed by atoms with Gasteiger partial charge in [0, 0.05) is 40.7 Å². The van der Waals surface area contributed by atoms with Crippen LogP contribution in [0, 0.1) is 35.5 Å². The quantitative estimate of drug-likeness (QED) is 0.304. The Labute approximate surface area is 278 Å². The largest absolute Gasteiger partial charge is 0.299 e. The van der Waals surface area contributed by atoms with Gasteiger partial charge < -0.3 is 0 Å². The van der Waals surface area contributed by atoms with Gasteiger partial charge in [0.05, 0.1) is 6.17 Å². The van der Waals surface area contributed by atoms with Crippen molar-refractivity contribution in [3.05, 3.63) is 47.5 Å². The van der Waals surface area contributed by atoms with Crippen molar-refractivity contribution < 1.29 is 0 Å². The number of nitrogens with one attached hydrogen (secondary N) is 2. The summed E-state index contributed by atoms with van der Waals surface area (Å²) in [6.07, 6.45) is 29.4. The molecule has 14 atom stereocenters. The smallest absolute Gasteiger partial charge is 0.0611 e. The molecule has 0 amide bonds.